The largest absolute Gasteiger partial charge is 0.471 e. The normalized spacial score (nSPS) is 27.4. The van der Waals surface area contributed by atoms with Crippen molar-refractivity contribution in [2.75, 3.05) is 6.54 Å². The Labute approximate surface area is 304 Å². The second kappa shape index (κ2) is 14.2. The SMILES string of the molecule is Cc1ccc(C(=O)N[C@H]2CCCCC/C=C\[C@@H]3C[C@@]3(C(=O)NS(=O)(=O)C3CC3)NC(=O)[C@@H]3C[C@@H](Oc4nc5cc(F)ccc5nc4C)CN3C2=O)s1. The number of halogens is 1. The Bertz CT molecular complexity index is 2070. The number of amides is 4. The number of benzene rings is 1. The monoisotopic (exact) mass is 752 g/mol. The molecule has 1 aromatic carbocycles. The van der Waals surface area contributed by atoms with Gasteiger partial charge in [0.25, 0.3) is 11.8 Å². The third-order valence-electron chi connectivity index (χ3n) is 10.1. The minimum absolute atomic E-state index is 0.00322. The predicted octanol–water partition coefficient (Wildman–Crippen LogP) is 3.60. The number of sulfonamides is 1. The van der Waals surface area contributed by atoms with Crippen LogP contribution in [-0.2, 0) is 24.4 Å². The lowest BCUT2D eigenvalue weighted by atomic mass is 10.0. The van der Waals surface area contributed by atoms with Crippen LogP contribution in [-0.4, -0.2) is 82.4 Å². The maximum Gasteiger partial charge on any atom is 0.262 e. The Morgan fingerprint density at radius 2 is 1.87 bits per heavy atom. The fourth-order valence-corrected chi connectivity index (χ4v) is 9.14. The van der Waals surface area contributed by atoms with Crippen molar-refractivity contribution in [1.82, 2.24) is 30.2 Å². The molecule has 276 valence electrons. The molecule has 0 bridgehead atoms. The Balaban J connectivity index is 1.19. The van der Waals surface area contributed by atoms with E-state index in [9.17, 15) is 32.0 Å². The zero-order valence-corrected chi connectivity index (χ0v) is 30.5. The van der Waals surface area contributed by atoms with Gasteiger partial charge in [0.15, 0.2) is 0 Å². The quantitative estimate of drug-likeness (QED) is 0.305. The number of rotatable bonds is 7. The molecular formula is C36H41FN6O7S2. The summed E-state index contributed by atoms with van der Waals surface area (Å²) in [6.07, 6.45) is 7.39. The second-order valence-electron chi connectivity index (χ2n) is 14.2. The van der Waals surface area contributed by atoms with E-state index in [4.69, 9.17) is 4.74 Å². The van der Waals surface area contributed by atoms with Gasteiger partial charge in [0.05, 0.1) is 27.7 Å². The van der Waals surface area contributed by atoms with Crippen molar-refractivity contribution in [3.8, 4) is 5.88 Å². The molecule has 4 amide bonds. The first-order valence-electron chi connectivity index (χ1n) is 17.7. The molecule has 16 heteroatoms. The Hall–Kier alpha value is -4.44. The molecule has 52 heavy (non-hydrogen) atoms. The number of ether oxygens (including phenoxy) is 1. The molecule has 5 atom stereocenters. The van der Waals surface area contributed by atoms with E-state index in [-0.39, 0.29) is 30.8 Å². The van der Waals surface area contributed by atoms with E-state index < -0.39 is 74.4 Å². The molecule has 2 aliphatic carbocycles. The Morgan fingerprint density at radius 1 is 1.06 bits per heavy atom. The number of aryl methyl sites for hydroxylation is 2. The topological polar surface area (TPSA) is 177 Å². The van der Waals surface area contributed by atoms with E-state index in [0.29, 0.717) is 48.2 Å². The number of nitrogens with zero attached hydrogens (tertiary/aromatic N) is 3. The highest BCUT2D eigenvalue weighted by Crippen LogP contribution is 2.46. The summed E-state index contributed by atoms with van der Waals surface area (Å²) in [6.45, 7) is 3.52. The predicted molar refractivity (Wildman–Crippen MR) is 190 cm³/mol. The molecule has 4 heterocycles. The minimum Gasteiger partial charge on any atom is -0.471 e. The first-order chi connectivity index (χ1) is 24.8. The fraction of sp³-hybridized carbons (Fsp3) is 0.500. The molecule has 3 aromatic rings. The third kappa shape index (κ3) is 7.54. The van der Waals surface area contributed by atoms with E-state index in [0.717, 1.165) is 17.7 Å². The molecule has 2 aromatic heterocycles. The van der Waals surface area contributed by atoms with Crippen LogP contribution in [0.2, 0.25) is 0 Å². The molecular weight excluding hydrogens is 712 g/mol. The highest BCUT2D eigenvalue weighted by molar-refractivity contribution is 7.91. The van der Waals surface area contributed by atoms with E-state index >= 15 is 0 Å². The van der Waals surface area contributed by atoms with Crippen LogP contribution < -0.4 is 20.1 Å². The van der Waals surface area contributed by atoms with Crippen LogP contribution in [0.4, 0.5) is 4.39 Å². The average molecular weight is 753 g/mol. The smallest absolute Gasteiger partial charge is 0.262 e. The van der Waals surface area contributed by atoms with Gasteiger partial charge in [-0.3, -0.25) is 23.9 Å². The molecule has 2 aliphatic heterocycles. The summed E-state index contributed by atoms with van der Waals surface area (Å²) < 4.78 is 48.1. The van der Waals surface area contributed by atoms with Crippen LogP contribution in [0.1, 0.15) is 78.0 Å². The van der Waals surface area contributed by atoms with Crippen molar-refractivity contribution in [2.45, 2.75) is 101 Å². The van der Waals surface area contributed by atoms with Crippen molar-refractivity contribution in [3.63, 3.8) is 0 Å². The van der Waals surface area contributed by atoms with Crippen LogP contribution in [0.25, 0.3) is 11.0 Å². The molecule has 13 nitrogen and oxygen atoms in total. The van der Waals surface area contributed by atoms with Crippen LogP contribution in [0.15, 0.2) is 42.5 Å². The summed E-state index contributed by atoms with van der Waals surface area (Å²) in [5.74, 6) is -3.14. The van der Waals surface area contributed by atoms with E-state index in [1.807, 2.05) is 25.1 Å². The van der Waals surface area contributed by atoms with Gasteiger partial charge in [-0.1, -0.05) is 25.0 Å². The number of thiophene rings is 1. The van der Waals surface area contributed by atoms with Crippen molar-refractivity contribution in [3.05, 3.63) is 63.7 Å². The number of nitrogens with one attached hydrogen (secondary N) is 3. The number of fused-ring (bicyclic) bond motifs is 3. The minimum atomic E-state index is -3.90. The lowest BCUT2D eigenvalue weighted by Crippen LogP contribution is -2.58. The van der Waals surface area contributed by atoms with Crippen LogP contribution in [0, 0.1) is 25.6 Å². The third-order valence-corrected chi connectivity index (χ3v) is 13.0. The van der Waals surface area contributed by atoms with Crippen molar-refractivity contribution in [1.29, 1.82) is 0 Å². The molecule has 3 fully saturated rings. The van der Waals surface area contributed by atoms with Gasteiger partial charge < -0.3 is 20.3 Å². The summed E-state index contributed by atoms with van der Waals surface area (Å²) in [5.41, 5.74) is -0.343. The maximum atomic E-state index is 14.5. The molecule has 0 radical (unpaired) electrons. The van der Waals surface area contributed by atoms with Crippen molar-refractivity contribution in [2.24, 2.45) is 5.92 Å². The van der Waals surface area contributed by atoms with Gasteiger partial charge in [-0.15, -0.1) is 11.3 Å². The number of allylic oxidation sites excluding steroid dienone is 1. The number of hydrogen-bond acceptors (Lipinski definition) is 10. The zero-order chi connectivity index (χ0) is 36.8. The first kappa shape index (κ1) is 35.9. The fourth-order valence-electron chi connectivity index (χ4n) is 7.00. The van der Waals surface area contributed by atoms with Gasteiger partial charge in [-0.2, -0.15) is 0 Å². The first-order valence-corrected chi connectivity index (χ1v) is 20.0. The average Bonchev–Trinajstić information content (AvgIpc) is 3.98. The van der Waals surface area contributed by atoms with Gasteiger partial charge in [-0.25, -0.2) is 22.8 Å². The lowest BCUT2D eigenvalue weighted by Gasteiger charge is -2.29. The molecule has 2 saturated carbocycles. The number of carbonyl (C=O) groups excluding carboxylic acids is 4. The number of carbonyl (C=O) groups is 4. The molecule has 0 unspecified atom stereocenters. The summed E-state index contributed by atoms with van der Waals surface area (Å²) in [4.78, 5) is 67.5. The Morgan fingerprint density at radius 3 is 2.62 bits per heavy atom. The maximum absolute atomic E-state index is 14.5. The second-order valence-corrected chi connectivity index (χ2v) is 17.4. The van der Waals surface area contributed by atoms with Crippen molar-refractivity contribution < 1.29 is 36.7 Å². The molecule has 3 N–H and O–H groups in total. The molecule has 0 spiro atoms. The zero-order valence-electron chi connectivity index (χ0n) is 28.9. The molecule has 7 rings (SSSR count). The van der Waals surface area contributed by atoms with Crippen molar-refractivity contribution >= 4 is 56.0 Å². The summed E-state index contributed by atoms with van der Waals surface area (Å²) in [7, 11) is -3.90. The molecule has 4 aliphatic rings. The standard InChI is InChI=1S/C36H41FN6O7S2/c1-20-10-15-30(51-20)32(45)39-27-9-7-5-3-4-6-8-22-18-36(22,35(47)42-52(48,49)25-12-13-25)41-31(44)29-17-24(19-43(29)34(27)46)50-33-21(2)38-26-14-11-23(37)16-28(26)40-33/h6,8,10-11,14-16,22,24-25,27,29H,3-5,7,9,12-13,17-19H2,1-2H3,(H,39,45)(H,41,44)(H,42,47)/b8-6-/t22-,24-,27+,29+,36-/m1/s1. The van der Waals surface area contributed by atoms with Crippen LogP contribution in [0.3, 0.4) is 0 Å². The number of hydrogen-bond donors (Lipinski definition) is 3. The van der Waals surface area contributed by atoms with Gasteiger partial charge in [0.1, 0.15) is 35.2 Å². The van der Waals surface area contributed by atoms with Gasteiger partial charge in [-0.05, 0) is 76.6 Å². The summed E-state index contributed by atoms with van der Waals surface area (Å²) in [5, 5.41) is 5.12. The van der Waals surface area contributed by atoms with Gasteiger partial charge in [0, 0.05) is 23.3 Å². The van der Waals surface area contributed by atoms with E-state index in [1.165, 1.54) is 34.4 Å². The van der Waals surface area contributed by atoms with Crippen LogP contribution >= 0.6 is 11.3 Å². The van der Waals surface area contributed by atoms with Gasteiger partial charge >= 0.3 is 0 Å². The van der Waals surface area contributed by atoms with E-state index in [1.54, 1.807) is 13.0 Å². The summed E-state index contributed by atoms with van der Waals surface area (Å²) in [6, 6.07) is 5.48. The molecule has 1 saturated heterocycles. The van der Waals surface area contributed by atoms with E-state index in [2.05, 4.69) is 25.3 Å². The highest BCUT2D eigenvalue weighted by atomic mass is 32.2. The Kier molecular flexibility index (Phi) is 9.80. The lowest BCUT2D eigenvalue weighted by molar-refractivity contribution is -0.141. The van der Waals surface area contributed by atoms with Gasteiger partial charge in [0.2, 0.25) is 27.7 Å². The highest BCUT2D eigenvalue weighted by Gasteiger charge is 2.62. The van der Waals surface area contributed by atoms with Crippen LogP contribution in [0.5, 0.6) is 5.88 Å². The summed E-state index contributed by atoms with van der Waals surface area (Å²) >= 11 is 1.31. The number of aromatic nitrogens is 2.